The lowest BCUT2D eigenvalue weighted by Gasteiger charge is -2.34. The van der Waals surface area contributed by atoms with Crippen molar-refractivity contribution in [2.45, 2.75) is 70.9 Å². The van der Waals surface area contributed by atoms with E-state index in [9.17, 15) is 4.79 Å². The topological polar surface area (TPSA) is 54.0 Å². The van der Waals surface area contributed by atoms with Crippen molar-refractivity contribution < 1.29 is 23.1 Å². The zero-order valence-electron chi connectivity index (χ0n) is 21.6. The Balaban J connectivity index is 1.83. The van der Waals surface area contributed by atoms with Gasteiger partial charge in [-0.2, -0.15) is 0 Å². The van der Waals surface area contributed by atoms with Crippen molar-refractivity contribution in [1.29, 1.82) is 0 Å². The highest BCUT2D eigenvalue weighted by Crippen LogP contribution is 2.30. The number of carbonyl (C=O) groups is 1. The summed E-state index contributed by atoms with van der Waals surface area (Å²) in [5, 5.41) is 0. The van der Waals surface area contributed by atoms with E-state index in [0.717, 1.165) is 49.1 Å². The van der Waals surface area contributed by atoms with Gasteiger partial charge in [0.05, 0.1) is 14.2 Å². The van der Waals surface area contributed by atoms with Gasteiger partial charge in [0.2, 0.25) is 0 Å². The molecule has 34 heavy (non-hydrogen) atoms. The van der Waals surface area contributed by atoms with E-state index >= 15 is 0 Å². The Morgan fingerprint density at radius 1 is 0.794 bits per heavy atom. The molecule has 2 rings (SSSR count). The molecule has 0 bridgehead atoms. The van der Waals surface area contributed by atoms with Crippen molar-refractivity contribution in [2.75, 3.05) is 14.2 Å². The van der Waals surface area contributed by atoms with Gasteiger partial charge in [-0.3, -0.25) is 0 Å². The summed E-state index contributed by atoms with van der Waals surface area (Å²) >= 11 is 5.32. The predicted molar refractivity (Wildman–Crippen MR) is 145 cm³/mol. The molecule has 0 aliphatic heterocycles. The number of aryl methyl sites for hydroxylation is 3. The van der Waals surface area contributed by atoms with Crippen LogP contribution in [0.4, 0.5) is 4.79 Å². The van der Waals surface area contributed by atoms with E-state index in [1.807, 2.05) is 12.1 Å². The smallest absolute Gasteiger partial charge is 0.409 e. The number of rotatable bonds is 13. The molecule has 0 saturated heterocycles. The van der Waals surface area contributed by atoms with E-state index in [1.165, 1.54) is 11.1 Å². The molecule has 0 spiro atoms. The highest BCUT2D eigenvalue weighted by atomic mass is 35.5. The second kappa shape index (κ2) is 12.8. The molecular weight excluding hydrogens is 484 g/mol. The lowest BCUT2D eigenvalue weighted by molar-refractivity contribution is 0.223. The van der Waals surface area contributed by atoms with Crippen molar-refractivity contribution in [3.05, 3.63) is 53.1 Å². The second-order valence-corrected chi connectivity index (χ2v) is 19.1. The minimum absolute atomic E-state index is 0.334. The fraction of sp³-hybridized carbons (Fsp3) is 0.500. The third-order valence-corrected chi connectivity index (χ3v) is 13.5. The monoisotopic (exact) mass is 522 g/mol. The lowest BCUT2D eigenvalue weighted by atomic mass is 10.1. The first kappa shape index (κ1) is 28.4. The van der Waals surface area contributed by atoms with Gasteiger partial charge in [0.15, 0.2) is 28.1 Å². The summed E-state index contributed by atoms with van der Waals surface area (Å²) in [5.74, 6) is 1.81. The van der Waals surface area contributed by atoms with E-state index in [-0.39, 0.29) is 0 Å². The summed E-state index contributed by atoms with van der Waals surface area (Å²) in [7, 11) is -0.237. The normalized spacial score (nSPS) is 11.9. The summed E-state index contributed by atoms with van der Waals surface area (Å²) < 4.78 is 22.6. The van der Waals surface area contributed by atoms with Crippen molar-refractivity contribution in [3.8, 4) is 17.2 Å². The molecule has 8 heteroatoms. The van der Waals surface area contributed by atoms with Crippen molar-refractivity contribution in [1.82, 2.24) is 0 Å². The van der Waals surface area contributed by atoms with Crippen molar-refractivity contribution >= 4 is 33.7 Å². The Morgan fingerprint density at radius 3 is 1.79 bits per heavy atom. The van der Waals surface area contributed by atoms with Gasteiger partial charge in [0, 0.05) is 11.6 Å². The molecule has 2 aromatic rings. The first-order valence-electron chi connectivity index (χ1n) is 11.8. The summed E-state index contributed by atoms with van der Waals surface area (Å²) in [6, 6.07) is 14.3. The SMILES string of the molecule is COc1cc(CCC[Si](C)(C)O[Si](C)(C)CCCc2ccc(OC(=O)Cl)c(OC)c2)ccc1C. The molecular formula is C26H39ClO5Si2. The Morgan fingerprint density at radius 2 is 1.29 bits per heavy atom. The maximum atomic E-state index is 11.0. The molecule has 0 aliphatic rings. The van der Waals surface area contributed by atoms with Gasteiger partial charge >= 0.3 is 5.43 Å². The summed E-state index contributed by atoms with van der Waals surface area (Å²) in [6.45, 7) is 11.4. The summed E-state index contributed by atoms with van der Waals surface area (Å²) in [4.78, 5) is 11.0. The average Bonchev–Trinajstić information content (AvgIpc) is 2.74. The van der Waals surface area contributed by atoms with Gasteiger partial charge in [-0.15, -0.1) is 0 Å². The van der Waals surface area contributed by atoms with Crippen LogP contribution >= 0.6 is 11.6 Å². The van der Waals surface area contributed by atoms with Crippen LogP contribution in [0.25, 0.3) is 0 Å². The minimum atomic E-state index is -1.77. The number of benzene rings is 2. The molecule has 0 aliphatic carbocycles. The molecule has 0 radical (unpaired) electrons. The molecule has 0 aromatic heterocycles. The molecule has 0 fully saturated rings. The van der Waals surface area contributed by atoms with Crippen LogP contribution in [0, 0.1) is 6.92 Å². The van der Waals surface area contributed by atoms with Gasteiger partial charge in [-0.05, 0) is 106 Å². The molecule has 0 amide bonds. The Bertz CT molecular complexity index is 962. The van der Waals surface area contributed by atoms with Crippen molar-refractivity contribution in [3.63, 3.8) is 0 Å². The van der Waals surface area contributed by atoms with Gasteiger partial charge in [0.25, 0.3) is 0 Å². The Kier molecular flexibility index (Phi) is 10.7. The fourth-order valence-corrected chi connectivity index (χ4v) is 13.3. The maximum absolute atomic E-state index is 11.0. The standard InChI is InChI=1S/C26H39ClO5Si2/c1-20-12-13-21(18-24(20)29-2)10-8-16-33(4,5)32-34(6,7)17-9-11-22-14-15-23(31-26(27)28)25(19-22)30-3/h12-15,18-19H,8-11,16-17H2,1-7H3. The van der Waals surface area contributed by atoms with Crippen LogP contribution in [0.3, 0.4) is 0 Å². The molecule has 0 atom stereocenters. The summed E-state index contributed by atoms with van der Waals surface area (Å²) in [6.07, 6.45) is 4.15. The van der Waals surface area contributed by atoms with E-state index < -0.39 is 22.1 Å². The predicted octanol–water partition coefficient (Wildman–Crippen LogP) is 7.74. The van der Waals surface area contributed by atoms with Crippen LogP contribution in [0.5, 0.6) is 17.2 Å². The number of carbonyl (C=O) groups excluding carboxylic acids is 1. The molecule has 0 unspecified atom stereocenters. The number of methoxy groups -OCH3 is 2. The largest absolute Gasteiger partial charge is 0.496 e. The Hall–Kier alpha value is -1.81. The van der Waals surface area contributed by atoms with Crippen LogP contribution in [0.2, 0.25) is 38.3 Å². The third-order valence-electron chi connectivity index (χ3n) is 5.93. The third kappa shape index (κ3) is 9.45. The van der Waals surface area contributed by atoms with Crippen LogP contribution in [-0.4, -0.2) is 36.3 Å². The molecule has 2 aromatic carbocycles. The highest BCUT2D eigenvalue weighted by molar-refractivity contribution is 6.84. The van der Waals surface area contributed by atoms with Crippen LogP contribution < -0.4 is 14.2 Å². The van der Waals surface area contributed by atoms with Gasteiger partial charge < -0.3 is 18.3 Å². The van der Waals surface area contributed by atoms with Crippen LogP contribution in [-0.2, 0) is 17.0 Å². The van der Waals surface area contributed by atoms with E-state index in [0.29, 0.717) is 11.5 Å². The lowest BCUT2D eigenvalue weighted by Crippen LogP contribution is -2.44. The molecule has 0 N–H and O–H groups in total. The van der Waals surface area contributed by atoms with Crippen LogP contribution in [0.15, 0.2) is 36.4 Å². The Labute approximate surface area is 212 Å². The summed E-state index contributed by atoms with van der Waals surface area (Å²) in [5.41, 5.74) is 2.76. The highest BCUT2D eigenvalue weighted by Gasteiger charge is 2.32. The van der Waals surface area contributed by atoms with Gasteiger partial charge in [-0.1, -0.05) is 18.2 Å². The number of hydrogen-bond donors (Lipinski definition) is 0. The van der Waals surface area contributed by atoms with E-state index in [2.05, 4.69) is 51.3 Å². The number of ether oxygens (including phenoxy) is 3. The second-order valence-electron chi connectivity index (χ2n) is 9.96. The molecule has 0 heterocycles. The first-order valence-corrected chi connectivity index (χ1v) is 18.4. The van der Waals surface area contributed by atoms with Gasteiger partial charge in [0.1, 0.15) is 5.75 Å². The number of hydrogen-bond acceptors (Lipinski definition) is 5. The zero-order chi connectivity index (χ0) is 25.4. The first-order chi connectivity index (χ1) is 15.9. The van der Waals surface area contributed by atoms with E-state index in [4.69, 9.17) is 29.9 Å². The minimum Gasteiger partial charge on any atom is -0.496 e. The molecule has 188 valence electrons. The van der Waals surface area contributed by atoms with Crippen molar-refractivity contribution in [2.24, 2.45) is 0 Å². The van der Waals surface area contributed by atoms with Crippen LogP contribution in [0.1, 0.15) is 29.5 Å². The average molecular weight is 523 g/mol. The quantitative estimate of drug-likeness (QED) is 0.199. The van der Waals surface area contributed by atoms with Gasteiger partial charge in [-0.25, -0.2) is 4.79 Å². The maximum Gasteiger partial charge on any atom is 0.409 e. The molecule has 5 nitrogen and oxygen atoms in total. The number of halogens is 1. The van der Waals surface area contributed by atoms with E-state index in [1.54, 1.807) is 20.3 Å². The fourth-order valence-electron chi connectivity index (χ4n) is 4.34. The zero-order valence-corrected chi connectivity index (χ0v) is 24.4. The molecule has 0 saturated carbocycles.